The zero-order chi connectivity index (χ0) is 15.9. The molecule has 0 aliphatic rings. The minimum Gasteiger partial charge on any atom is -0.236 e. The van der Waals surface area contributed by atoms with Crippen LogP contribution < -0.4 is 0 Å². The number of hydrogen-bond donors (Lipinski definition) is 0. The second-order valence-electron chi connectivity index (χ2n) is 5.06. The summed E-state index contributed by atoms with van der Waals surface area (Å²) in [5.74, 6) is 0. The predicted octanol–water partition coefficient (Wildman–Crippen LogP) is 4.29. The van der Waals surface area contributed by atoms with Gasteiger partial charge < -0.3 is 0 Å². The second-order valence-corrected chi connectivity index (χ2v) is 5.06. The molecule has 0 atom stereocenters. The van der Waals surface area contributed by atoms with E-state index >= 15 is 0 Å². The number of aromatic nitrogens is 3. The second kappa shape index (κ2) is 5.12. The van der Waals surface area contributed by atoms with E-state index in [0.29, 0.717) is 22.5 Å². The first-order valence-corrected chi connectivity index (χ1v) is 6.92. The van der Waals surface area contributed by atoms with Crippen LogP contribution in [0.25, 0.3) is 16.8 Å². The number of halogens is 3. The monoisotopic (exact) mass is 305 g/mol. The van der Waals surface area contributed by atoms with Crippen molar-refractivity contribution < 1.29 is 13.2 Å². The minimum atomic E-state index is -4.37. The molecule has 6 heteroatoms. The zero-order valence-electron chi connectivity index (χ0n) is 12.1. The highest BCUT2D eigenvalue weighted by molar-refractivity contribution is 5.80. The molecule has 2 heterocycles. The maximum atomic E-state index is 12.9. The fourth-order valence-corrected chi connectivity index (χ4v) is 2.56. The van der Waals surface area contributed by atoms with Gasteiger partial charge in [-0.15, -0.1) is 0 Å². The maximum Gasteiger partial charge on any atom is 0.416 e. The number of nitrogens with zero attached hydrogens (tertiary/aromatic N) is 3. The van der Waals surface area contributed by atoms with Crippen LogP contribution in [-0.4, -0.2) is 14.6 Å². The first kappa shape index (κ1) is 14.6. The summed E-state index contributed by atoms with van der Waals surface area (Å²) in [5, 5.41) is 4.43. The minimum absolute atomic E-state index is 0.475. The highest BCUT2D eigenvalue weighted by Gasteiger charge is 2.30. The first-order chi connectivity index (χ1) is 10.4. The molecule has 0 radical (unpaired) electrons. The van der Waals surface area contributed by atoms with Crippen LogP contribution in [0.2, 0.25) is 0 Å². The van der Waals surface area contributed by atoms with Gasteiger partial charge >= 0.3 is 6.18 Å². The van der Waals surface area contributed by atoms with Crippen LogP contribution in [0.5, 0.6) is 0 Å². The molecule has 3 rings (SSSR count). The number of hydrogen-bond acceptors (Lipinski definition) is 2. The summed E-state index contributed by atoms with van der Waals surface area (Å²) in [4.78, 5) is 4.30. The van der Waals surface area contributed by atoms with E-state index in [-0.39, 0.29) is 0 Å². The third-order valence-corrected chi connectivity index (χ3v) is 3.61. The Labute approximate surface area is 125 Å². The molecule has 0 saturated carbocycles. The summed E-state index contributed by atoms with van der Waals surface area (Å²) in [6.07, 6.45) is -1.94. The van der Waals surface area contributed by atoms with Crippen LogP contribution in [0.4, 0.5) is 13.2 Å². The van der Waals surface area contributed by atoms with Gasteiger partial charge in [-0.3, -0.25) is 0 Å². The van der Waals surface area contributed by atoms with Crippen molar-refractivity contribution in [3.8, 4) is 11.1 Å². The largest absolute Gasteiger partial charge is 0.416 e. The highest BCUT2D eigenvalue weighted by Crippen LogP contribution is 2.34. The van der Waals surface area contributed by atoms with E-state index in [0.717, 1.165) is 24.2 Å². The summed E-state index contributed by atoms with van der Waals surface area (Å²) in [5.41, 5.74) is 2.65. The lowest BCUT2D eigenvalue weighted by molar-refractivity contribution is -0.137. The van der Waals surface area contributed by atoms with E-state index in [2.05, 4.69) is 10.1 Å². The molecule has 0 saturated heterocycles. The van der Waals surface area contributed by atoms with E-state index in [9.17, 15) is 13.2 Å². The Morgan fingerprint density at radius 1 is 1.18 bits per heavy atom. The van der Waals surface area contributed by atoms with Crippen molar-refractivity contribution in [1.29, 1.82) is 0 Å². The number of benzene rings is 1. The molecule has 0 fully saturated rings. The molecule has 0 aliphatic heterocycles. The lowest BCUT2D eigenvalue weighted by atomic mass is 10.0. The summed E-state index contributed by atoms with van der Waals surface area (Å²) in [6, 6.07) is 7.12. The number of fused-ring (bicyclic) bond motifs is 1. The third kappa shape index (κ3) is 2.34. The number of aryl methyl sites for hydroxylation is 2. The van der Waals surface area contributed by atoms with Crippen molar-refractivity contribution in [3.63, 3.8) is 0 Å². The molecule has 0 N–H and O–H groups in total. The summed E-state index contributed by atoms with van der Waals surface area (Å²) in [7, 11) is 0. The highest BCUT2D eigenvalue weighted by atomic mass is 19.4. The normalized spacial score (nSPS) is 12.0. The Morgan fingerprint density at radius 3 is 2.64 bits per heavy atom. The van der Waals surface area contributed by atoms with Gasteiger partial charge in [-0.05, 0) is 37.1 Å². The molecule has 3 nitrogen and oxygen atoms in total. The van der Waals surface area contributed by atoms with Crippen LogP contribution in [0.3, 0.4) is 0 Å². The first-order valence-electron chi connectivity index (χ1n) is 6.92. The molecule has 0 bridgehead atoms. The Morgan fingerprint density at radius 2 is 1.95 bits per heavy atom. The standard InChI is InChI=1S/C16H14F3N3/c1-3-13-7-8-20-15-14(10(2)21-22(13)15)11-5-4-6-12(9-11)16(17,18)19/h4-9H,3H2,1-2H3. The quantitative estimate of drug-likeness (QED) is 0.707. The van der Waals surface area contributed by atoms with Gasteiger partial charge in [0.1, 0.15) is 0 Å². The number of rotatable bonds is 2. The van der Waals surface area contributed by atoms with Crippen LogP contribution in [0.1, 0.15) is 23.9 Å². The van der Waals surface area contributed by atoms with Crippen LogP contribution in [0.15, 0.2) is 36.5 Å². The van der Waals surface area contributed by atoms with Gasteiger partial charge in [0, 0.05) is 17.5 Å². The van der Waals surface area contributed by atoms with E-state index in [1.54, 1.807) is 23.7 Å². The molecule has 0 spiro atoms. The molecule has 114 valence electrons. The topological polar surface area (TPSA) is 30.2 Å². The molecular weight excluding hydrogens is 291 g/mol. The van der Waals surface area contributed by atoms with Gasteiger partial charge in [0.05, 0.1) is 11.3 Å². The zero-order valence-corrected chi connectivity index (χ0v) is 12.1. The molecular formula is C16H14F3N3. The van der Waals surface area contributed by atoms with Gasteiger partial charge in [0.25, 0.3) is 0 Å². The molecule has 0 unspecified atom stereocenters. The summed E-state index contributed by atoms with van der Waals surface area (Å²) < 4.78 is 40.4. The summed E-state index contributed by atoms with van der Waals surface area (Å²) in [6.45, 7) is 3.78. The van der Waals surface area contributed by atoms with Gasteiger partial charge in [0.2, 0.25) is 0 Å². The van der Waals surface area contributed by atoms with E-state index in [1.807, 2.05) is 13.0 Å². The lowest BCUT2D eigenvalue weighted by Crippen LogP contribution is -2.04. The Bertz CT molecular complexity index is 834. The van der Waals surface area contributed by atoms with Crippen LogP contribution in [-0.2, 0) is 12.6 Å². The lowest BCUT2D eigenvalue weighted by Gasteiger charge is -2.08. The smallest absolute Gasteiger partial charge is 0.236 e. The molecule has 3 aromatic rings. The van der Waals surface area contributed by atoms with E-state index < -0.39 is 11.7 Å². The third-order valence-electron chi connectivity index (χ3n) is 3.61. The van der Waals surface area contributed by atoms with Crippen molar-refractivity contribution >= 4 is 5.65 Å². The Balaban J connectivity index is 2.25. The molecule has 22 heavy (non-hydrogen) atoms. The molecule has 0 aliphatic carbocycles. The Kier molecular flexibility index (Phi) is 3.39. The predicted molar refractivity (Wildman–Crippen MR) is 77.5 cm³/mol. The van der Waals surface area contributed by atoms with Crippen LogP contribution in [0, 0.1) is 6.92 Å². The maximum absolute atomic E-state index is 12.9. The average molecular weight is 305 g/mol. The van der Waals surface area contributed by atoms with Gasteiger partial charge in [-0.25, -0.2) is 9.50 Å². The van der Waals surface area contributed by atoms with Crippen LogP contribution >= 0.6 is 0 Å². The van der Waals surface area contributed by atoms with Crippen molar-refractivity contribution in [1.82, 2.24) is 14.6 Å². The van der Waals surface area contributed by atoms with Gasteiger partial charge in [-0.2, -0.15) is 18.3 Å². The van der Waals surface area contributed by atoms with Crippen molar-refractivity contribution in [2.75, 3.05) is 0 Å². The fourth-order valence-electron chi connectivity index (χ4n) is 2.56. The average Bonchev–Trinajstić information content (AvgIpc) is 2.82. The van der Waals surface area contributed by atoms with Crippen molar-refractivity contribution in [2.24, 2.45) is 0 Å². The Hall–Kier alpha value is -2.37. The molecule has 2 aromatic heterocycles. The summed E-state index contributed by atoms with van der Waals surface area (Å²) >= 11 is 0. The molecule has 1 aromatic carbocycles. The van der Waals surface area contributed by atoms with Gasteiger partial charge in [-0.1, -0.05) is 19.1 Å². The SMILES string of the molecule is CCc1ccnc2c(-c3cccc(C(F)(F)F)c3)c(C)nn12. The number of alkyl halides is 3. The van der Waals surface area contributed by atoms with Gasteiger partial charge in [0.15, 0.2) is 5.65 Å². The fraction of sp³-hybridized carbons (Fsp3) is 0.250. The van der Waals surface area contributed by atoms with E-state index in [1.165, 1.54) is 6.07 Å². The van der Waals surface area contributed by atoms with Crippen molar-refractivity contribution in [3.05, 3.63) is 53.5 Å². The van der Waals surface area contributed by atoms with Crippen molar-refractivity contribution in [2.45, 2.75) is 26.4 Å². The van der Waals surface area contributed by atoms with E-state index in [4.69, 9.17) is 0 Å². The molecule has 0 amide bonds.